The number of benzene rings is 1. The summed E-state index contributed by atoms with van der Waals surface area (Å²) >= 11 is 0. The Kier molecular flexibility index (Phi) is 12.7. The van der Waals surface area contributed by atoms with E-state index in [1.54, 1.807) is 0 Å². The maximum absolute atomic E-state index is 12.2. The minimum Gasteiger partial charge on any atom is -0.370 e. The van der Waals surface area contributed by atoms with Crippen molar-refractivity contribution in [2.24, 2.45) is 11.8 Å². The number of anilines is 1. The summed E-state index contributed by atoms with van der Waals surface area (Å²) < 4.78 is 0. The number of rotatable bonds is 8. The molecule has 1 saturated heterocycles. The predicted octanol–water partition coefficient (Wildman–Crippen LogP) is 3.81. The number of hydrogen-bond acceptors (Lipinski definition) is 3. The van der Waals surface area contributed by atoms with Crippen molar-refractivity contribution in [3.8, 4) is 0 Å². The highest BCUT2D eigenvalue weighted by Gasteiger charge is 2.21. The van der Waals surface area contributed by atoms with Crippen LogP contribution in [0.2, 0.25) is 0 Å². The Morgan fingerprint density at radius 2 is 2.08 bits per heavy atom. The van der Waals surface area contributed by atoms with Crippen LogP contribution in [0, 0.1) is 18.8 Å². The molecule has 4 nitrogen and oxygen atoms in total. The van der Waals surface area contributed by atoms with Gasteiger partial charge in [0.2, 0.25) is 5.91 Å². The van der Waals surface area contributed by atoms with E-state index in [9.17, 15) is 4.79 Å². The molecule has 26 heavy (non-hydrogen) atoms. The van der Waals surface area contributed by atoms with Gasteiger partial charge < -0.3 is 15.5 Å². The Balaban J connectivity index is 0.00000312. The molecule has 1 aromatic rings. The standard InChI is InChI=1S/C20H33N3O.2ClH/c1-4-23(19-10-6-5-8-16(19)2)13-12-22-20(24)14-17(3)18-9-7-11-21-15-18;;/h5-6,8,10,17-18,21H,4,7,9,11-15H2,1-3H3,(H,22,24);2*1H. The van der Waals surface area contributed by atoms with Crippen LogP contribution in [0.4, 0.5) is 5.69 Å². The van der Waals surface area contributed by atoms with Crippen LogP contribution in [0.25, 0.3) is 0 Å². The fraction of sp³-hybridized carbons (Fsp3) is 0.650. The Morgan fingerprint density at radius 1 is 1.35 bits per heavy atom. The highest BCUT2D eigenvalue weighted by molar-refractivity contribution is 5.85. The molecule has 1 amide bonds. The van der Waals surface area contributed by atoms with Crippen LogP contribution in [0.5, 0.6) is 0 Å². The average molecular weight is 404 g/mol. The normalized spacial score (nSPS) is 17.4. The SMILES string of the molecule is CCN(CCNC(=O)CC(C)C1CCCNC1)c1ccccc1C.Cl.Cl. The molecule has 1 fully saturated rings. The zero-order valence-electron chi connectivity index (χ0n) is 16.3. The number of hydrogen-bond donors (Lipinski definition) is 2. The molecule has 2 unspecified atom stereocenters. The predicted molar refractivity (Wildman–Crippen MR) is 116 cm³/mol. The highest BCUT2D eigenvalue weighted by atomic mass is 35.5. The summed E-state index contributed by atoms with van der Waals surface area (Å²) in [7, 11) is 0. The third-order valence-corrected chi connectivity index (χ3v) is 5.19. The molecule has 0 saturated carbocycles. The second-order valence-corrected chi connectivity index (χ2v) is 7.00. The van der Waals surface area contributed by atoms with Crippen molar-refractivity contribution in [1.82, 2.24) is 10.6 Å². The molecule has 150 valence electrons. The summed E-state index contributed by atoms with van der Waals surface area (Å²) in [5, 5.41) is 6.55. The van der Waals surface area contributed by atoms with Crippen molar-refractivity contribution in [2.45, 2.75) is 40.0 Å². The number of piperidine rings is 1. The number of carbonyl (C=O) groups excluding carboxylic acids is 1. The molecule has 1 aliphatic rings. The van der Waals surface area contributed by atoms with Crippen molar-refractivity contribution in [1.29, 1.82) is 0 Å². The van der Waals surface area contributed by atoms with Crippen LogP contribution in [-0.4, -0.2) is 38.6 Å². The first-order valence-electron chi connectivity index (χ1n) is 9.39. The topological polar surface area (TPSA) is 44.4 Å². The molecule has 2 N–H and O–H groups in total. The van der Waals surface area contributed by atoms with E-state index in [4.69, 9.17) is 0 Å². The lowest BCUT2D eigenvalue weighted by atomic mass is 9.85. The summed E-state index contributed by atoms with van der Waals surface area (Å²) in [6.07, 6.45) is 3.12. The van der Waals surface area contributed by atoms with E-state index in [0.717, 1.165) is 26.2 Å². The van der Waals surface area contributed by atoms with E-state index in [2.05, 4.69) is 60.6 Å². The molecule has 6 heteroatoms. The van der Waals surface area contributed by atoms with Gasteiger partial charge in [-0.2, -0.15) is 0 Å². The summed E-state index contributed by atoms with van der Waals surface area (Å²) in [6, 6.07) is 8.43. The number of likely N-dealkylation sites (N-methyl/N-ethyl adjacent to an activating group) is 1. The smallest absolute Gasteiger partial charge is 0.220 e. The molecule has 0 spiro atoms. The lowest BCUT2D eigenvalue weighted by Crippen LogP contribution is -2.38. The number of nitrogens with zero attached hydrogens (tertiary/aromatic N) is 1. The monoisotopic (exact) mass is 403 g/mol. The molecule has 0 aliphatic carbocycles. The first kappa shape index (κ1) is 25.0. The van der Waals surface area contributed by atoms with E-state index >= 15 is 0 Å². The van der Waals surface area contributed by atoms with E-state index in [1.807, 2.05) is 0 Å². The van der Waals surface area contributed by atoms with Crippen LogP contribution in [0.3, 0.4) is 0 Å². The second kappa shape index (κ2) is 13.2. The third-order valence-electron chi connectivity index (χ3n) is 5.19. The van der Waals surface area contributed by atoms with Crippen LogP contribution in [0.15, 0.2) is 24.3 Å². The zero-order chi connectivity index (χ0) is 17.4. The van der Waals surface area contributed by atoms with Gasteiger partial charge in [-0.3, -0.25) is 4.79 Å². The minimum absolute atomic E-state index is 0. The van der Waals surface area contributed by atoms with Gasteiger partial charge >= 0.3 is 0 Å². The first-order chi connectivity index (χ1) is 11.6. The van der Waals surface area contributed by atoms with Crippen molar-refractivity contribution >= 4 is 36.4 Å². The molecule has 1 aliphatic heterocycles. The van der Waals surface area contributed by atoms with Crippen LogP contribution < -0.4 is 15.5 Å². The van der Waals surface area contributed by atoms with Gasteiger partial charge in [-0.1, -0.05) is 25.1 Å². The fourth-order valence-electron chi connectivity index (χ4n) is 3.59. The Bertz CT molecular complexity index is 522. The number of halogens is 2. The number of carbonyl (C=O) groups is 1. The molecule has 0 aromatic heterocycles. The largest absolute Gasteiger partial charge is 0.370 e. The number of aryl methyl sites for hydroxylation is 1. The first-order valence-corrected chi connectivity index (χ1v) is 9.39. The molecular formula is C20H35Cl2N3O. The Hall–Kier alpha value is -0.970. The van der Waals surface area contributed by atoms with E-state index < -0.39 is 0 Å². The molecule has 2 atom stereocenters. The van der Waals surface area contributed by atoms with Crippen molar-refractivity contribution in [2.75, 3.05) is 37.6 Å². The van der Waals surface area contributed by atoms with Crippen molar-refractivity contribution < 1.29 is 4.79 Å². The summed E-state index contributed by atoms with van der Waals surface area (Å²) in [6.45, 7) is 11.2. The maximum atomic E-state index is 12.2. The van der Waals surface area contributed by atoms with Gasteiger partial charge in [0.15, 0.2) is 0 Å². The van der Waals surface area contributed by atoms with Gasteiger partial charge in [0.25, 0.3) is 0 Å². The van der Waals surface area contributed by atoms with Crippen molar-refractivity contribution in [3.63, 3.8) is 0 Å². The molecular weight excluding hydrogens is 369 g/mol. The second-order valence-electron chi connectivity index (χ2n) is 7.00. The van der Waals surface area contributed by atoms with Gasteiger partial charge in [-0.05, 0) is 63.2 Å². The Labute approximate surface area is 171 Å². The minimum atomic E-state index is 0. The van der Waals surface area contributed by atoms with Gasteiger partial charge in [0.05, 0.1) is 0 Å². The van der Waals surface area contributed by atoms with Gasteiger partial charge in [0, 0.05) is 31.7 Å². The average Bonchev–Trinajstić information content (AvgIpc) is 2.60. The van der Waals surface area contributed by atoms with Crippen LogP contribution >= 0.6 is 24.8 Å². The Morgan fingerprint density at radius 3 is 2.69 bits per heavy atom. The van der Waals surface area contributed by atoms with Gasteiger partial charge in [-0.25, -0.2) is 0 Å². The number of para-hydroxylation sites is 1. The van der Waals surface area contributed by atoms with Crippen LogP contribution in [0.1, 0.15) is 38.7 Å². The van der Waals surface area contributed by atoms with Crippen LogP contribution in [-0.2, 0) is 4.79 Å². The maximum Gasteiger partial charge on any atom is 0.220 e. The van der Waals surface area contributed by atoms with E-state index in [1.165, 1.54) is 24.1 Å². The molecule has 2 rings (SSSR count). The third kappa shape index (κ3) is 7.73. The van der Waals surface area contributed by atoms with E-state index in [-0.39, 0.29) is 30.7 Å². The lowest BCUT2D eigenvalue weighted by molar-refractivity contribution is -0.122. The highest BCUT2D eigenvalue weighted by Crippen LogP contribution is 2.22. The fourth-order valence-corrected chi connectivity index (χ4v) is 3.59. The van der Waals surface area contributed by atoms with Gasteiger partial charge in [-0.15, -0.1) is 24.8 Å². The summed E-state index contributed by atoms with van der Waals surface area (Å²) in [5.74, 6) is 1.29. The molecule has 0 radical (unpaired) electrons. The molecule has 1 heterocycles. The molecule has 1 aromatic carbocycles. The number of nitrogens with one attached hydrogen (secondary N) is 2. The lowest BCUT2D eigenvalue weighted by Gasteiger charge is -2.28. The zero-order valence-corrected chi connectivity index (χ0v) is 17.9. The number of amides is 1. The van der Waals surface area contributed by atoms with Crippen molar-refractivity contribution in [3.05, 3.63) is 29.8 Å². The summed E-state index contributed by atoms with van der Waals surface area (Å²) in [5.41, 5.74) is 2.54. The summed E-state index contributed by atoms with van der Waals surface area (Å²) in [4.78, 5) is 14.5. The quantitative estimate of drug-likeness (QED) is 0.693. The van der Waals surface area contributed by atoms with E-state index in [0.29, 0.717) is 24.8 Å². The molecule has 0 bridgehead atoms. The van der Waals surface area contributed by atoms with Gasteiger partial charge in [0.1, 0.15) is 0 Å².